The number of hydrogen-bond acceptors (Lipinski definition) is 2. The Morgan fingerprint density at radius 2 is 2.20 bits per heavy atom. The molecule has 0 amide bonds. The van der Waals surface area contributed by atoms with E-state index >= 15 is 0 Å². The van der Waals surface area contributed by atoms with Gasteiger partial charge in [-0.3, -0.25) is 0 Å². The molecular weight excluding hydrogens is 210 g/mol. The number of benzene rings is 1. The Kier molecular flexibility index (Phi) is 5.09. The number of nitrogens with one attached hydrogen (secondary N) is 1. The van der Waals surface area contributed by atoms with Crippen molar-refractivity contribution < 1.29 is 5.11 Å². The van der Waals surface area contributed by atoms with Crippen LogP contribution >= 0.6 is 11.6 Å². The molecule has 84 valence electrons. The second-order valence-corrected chi connectivity index (χ2v) is 4.16. The maximum Gasteiger partial charge on any atom is 0.0584 e. The third kappa shape index (κ3) is 3.82. The van der Waals surface area contributed by atoms with Gasteiger partial charge in [0.25, 0.3) is 0 Å². The van der Waals surface area contributed by atoms with Crippen molar-refractivity contribution in [3.05, 3.63) is 34.3 Å². The second kappa shape index (κ2) is 6.11. The molecule has 1 atom stereocenters. The molecule has 0 saturated heterocycles. The summed E-state index contributed by atoms with van der Waals surface area (Å²) in [6, 6.07) is 6.20. The first-order valence-corrected chi connectivity index (χ1v) is 5.64. The minimum Gasteiger partial charge on any atom is -0.395 e. The SMILES string of the molecule is CCC(CO)NCc1ccc(C)c(Cl)c1. The van der Waals surface area contributed by atoms with Crippen molar-refractivity contribution in [1.29, 1.82) is 0 Å². The molecule has 0 aliphatic heterocycles. The average Bonchev–Trinajstić information content (AvgIpc) is 2.24. The molecule has 1 unspecified atom stereocenters. The molecule has 0 fully saturated rings. The van der Waals surface area contributed by atoms with E-state index in [1.807, 2.05) is 19.1 Å². The van der Waals surface area contributed by atoms with Crippen molar-refractivity contribution in [1.82, 2.24) is 5.32 Å². The molecule has 0 radical (unpaired) electrons. The van der Waals surface area contributed by atoms with Crippen LogP contribution in [0.15, 0.2) is 18.2 Å². The van der Waals surface area contributed by atoms with Gasteiger partial charge in [-0.1, -0.05) is 30.7 Å². The zero-order valence-corrected chi connectivity index (χ0v) is 10.0. The topological polar surface area (TPSA) is 32.3 Å². The lowest BCUT2D eigenvalue weighted by Crippen LogP contribution is -2.31. The van der Waals surface area contributed by atoms with E-state index in [2.05, 4.69) is 18.3 Å². The van der Waals surface area contributed by atoms with Crippen LogP contribution in [0.2, 0.25) is 5.02 Å². The number of aryl methyl sites for hydroxylation is 1. The summed E-state index contributed by atoms with van der Waals surface area (Å²) in [5.41, 5.74) is 2.24. The van der Waals surface area contributed by atoms with Crippen molar-refractivity contribution >= 4 is 11.6 Å². The zero-order valence-electron chi connectivity index (χ0n) is 9.26. The number of aliphatic hydroxyl groups excluding tert-OH is 1. The summed E-state index contributed by atoms with van der Waals surface area (Å²) in [5, 5.41) is 13.1. The van der Waals surface area contributed by atoms with Gasteiger partial charge in [-0.05, 0) is 30.5 Å². The Bertz CT molecular complexity index is 310. The van der Waals surface area contributed by atoms with E-state index in [1.165, 1.54) is 0 Å². The summed E-state index contributed by atoms with van der Waals surface area (Å²) in [6.07, 6.45) is 0.927. The largest absolute Gasteiger partial charge is 0.395 e. The lowest BCUT2D eigenvalue weighted by atomic mass is 10.1. The van der Waals surface area contributed by atoms with Gasteiger partial charge < -0.3 is 10.4 Å². The third-order valence-electron chi connectivity index (χ3n) is 2.54. The van der Waals surface area contributed by atoms with Gasteiger partial charge in [0.1, 0.15) is 0 Å². The van der Waals surface area contributed by atoms with E-state index < -0.39 is 0 Å². The van der Waals surface area contributed by atoms with Gasteiger partial charge >= 0.3 is 0 Å². The highest BCUT2D eigenvalue weighted by molar-refractivity contribution is 6.31. The van der Waals surface area contributed by atoms with Crippen LogP contribution < -0.4 is 5.32 Å². The first kappa shape index (κ1) is 12.5. The molecule has 0 aromatic heterocycles. The molecule has 0 aliphatic carbocycles. The van der Waals surface area contributed by atoms with Crippen LogP contribution in [0.3, 0.4) is 0 Å². The van der Waals surface area contributed by atoms with E-state index in [0.29, 0.717) is 0 Å². The predicted molar refractivity (Wildman–Crippen MR) is 64.2 cm³/mol. The second-order valence-electron chi connectivity index (χ2n) is 3.75. The lowest BCUT2D eigenvalue weighted by molar-refractivity contribution is 0.238. The summed E-state index contributed by atoms with van der Waals surface area (Å²) in [6.45, 7) is 4.97. The Morgan fingerprint density at radius 3 is 2.73 bits per heavy atom. The maximum atomic E-state index is 9.01. The van der Waals surface area contributed by atoms with Gasteiger partial charge in [0.05, 0.1) is 6.61 Å². The summed E-state index contributed by atoms with van der Waals surface area (Å²) in [4.78, 5) is 0. The first-order chi connectivity index (χ1) is 7.17. The summed E-state index contributed by atoms with van der Waals surface area (Å²) >= 11 is 6.02. The van der Waals surface area contributed by atoms with Crippen LogP contribution in [0.5, 0.6) is 0 Å². The van der Waals surface area contributed by atoms with Crippen LogP contribution in [0.1, 0.15) is 24.5 Å². The van der Waals surface area contributed by atoms with Crippen LogP contribution in [0.4, 0.5) is 0 Å². The van der Waals surface area contributed by atoms with E-state index in [-0.39, 0.29) is 12.6 Å². The van der Waals surface area contributed by atoms with Crippen molar-refractivity contribution in [3.63, 3.8) is 0 Å². The quantitative estimate of drug-likeness (QED) is 0.810. The predicted octanol–water partition coefficient (Wildman–Crippen LogP) is 2.51. The van der Waals surface area contributed by atoms with Gasteiger partial charge in [0.15, 0.2) is 0 Å². The fraction of sp³-hybridized carbons (Fsp3) is 0.500. The normalized spacial score (nSPS) is 12.8. The van der Waals surface area contributed by atoms with Crippen LogP contribution in [-0.2, 0) is 6.54 Å². The van der Waals surface area contributed by atoms with Gasteiger partial charge in [-0.15, -0.1) is 0 Å². The Balaban J connectivity index is 2.54. The monoisotopic (exact) mass is 227 g/mol. The average molecular weight is 228 g/mol. The van der Waals surface area contributed by atoms with E-state index in [1.54, 1.807) is 0 Å². The van der Waals surface area contributed by atoms with Gasteiger partial charge in [-0.2, -0.15) is 0 Å². The van der Waals surface area contributed by atoms with Crippen LogP contribution in [0.25, 0.3) is 0 Å². The Morgan fingerprint density at radius 1 is 1.47 bits per heavy atom. The smallest absolute Gasteiger partial charge is 0.0584 e. The highest BCUT2D eigenvalue weighted by Gasteiger charge is 2.04. The molecule has 1 aromatic rings. The molecule has 0 spiro atoms. The highest BCUT2D eigenvalue weighted by Crippen LogP contribution is 2.16. The summed E-state index contributed by atoms with van der Waals surface area (Å²) < 4.78 is 0. The molecule has 0 heterocycles. The van der Waals surface area contributed by atoms with Gasteiger partial charge in [0.2, 0.25) is 0 Å². The van der Waals surface area contributed by atoms with Crippen molar-refractivity contribution in [2.24, 2.45) is 0 Å². The molecule has 3 heteroatoms. The van der Waals surface area contributed by atoms with E-state index in [4.69, 9.17) is 16.7 Å². The molecule has 2 nitrogen and oxygen atoms in total. The van der Waals surface area contributed by atoms with Crippen LogP contribution in [-0.4, -0.2) is 17.8 Å². The van der Waals surface area contributed by atoms with E-state index in [0.717, 1.165) is 29.1 Å². The molecule has 1 rings (SSSR count). The minimum absolute atomic E-state index is 0.171. The maximum absolute atomic E-state index is 9.01. The standard InChI is InChI=1S/C12H18ClNO/c1-3-11(8-15)14-7-10-5-4-9(2)12(13)6-10/h4-6,11,14-15H,3,7-8H2,1-2H3. The number of hydrogen-bond donors (Lipinski definition) is 2. The summed E-state index contributed by atoms with van der Waals surface area (Å²) in [5.74, 6) is 0. The molecule has 0 saturated carbocycles. The number of rotatable bonds is 5. The molecule has 0 aliphatic rings. The number of aliphatic hydroxyl groups is 1. The Labute approximate surface area is 96.3 Å². The van der Waals surface area contributed by atoms with Crippen molar-refractivity contribution in [2.75, 3.05) is 6.61 Å². The van der Waals surface area contributed by atoms with E-state index in [9.17, 15) is 0 Å². The van der Waals surface area contributed by atoms with Crippen molar-refractivity contribution in [2.45, 2.75) is 32.9 Å². The minimum atomic E-state index is 0.171. The summed E-state index contributed by atoms with van der Waals surface area (Å²) in [7, 11) is 0. The highest BCUT2D eigenvalue weighted by atomic mass is 35.5. The Hall–Kier alpha value is -0.570. The molecule has 2 N–H and O–H groups in total. The van der Waals surface area contributed by atoms with Crippen LogP contribution in [0, 0.1) is 6.92 Å². The fourth-order valence-corrected chi connectivity index (χ4v) is 1.55. The lowest BCUT2D eigenvalue weighted by Gasteiger charge is -2.14. The first-order valence-electron chi connectivity index (χ1n) is 5.26. The molecule has 15 heavy (non-hydrogen) atoms. The van der Waals surface area contributed by atoms with Crippen molar-refractivity contribution in [3.8, 4) is 0 Å². The third-order valence-corrected chi connectivity index (χ3v) is 2.95. The zero-order chi connectivity index (χ0) is 11.3. The molecule has 1 aromatic carbocycles. The molecule has 0 bridgehead atoms. The van der Waals surface area contributed by atoms with Gasteiger partial charge in [0, 0.05) is 17.6 Å². The number of halogens is 1. The fourth-order valence-electron chi connectivity index (χ4n) is 1.35. The molecular formula is C12H18ClNO. The van der Waals surface area contributed by atoms with Gasteiger partial charge in [-0.25, -0.2) is 0 Å².